The van der Waals surface area contributed by atoms with Crippen LogP contribution in [0, 0.1) is 5.92 Å². The first kappa shape index (κ1) is 31.3. The maximum Gasteiger partial charge on any atom is 0.336 e. The molecule has 1 unspecified atom stereocenters. The number of hydrogen-bond donors (Lipinski definition) is 4. The summed E-state index contributed by atoms with van der Waals surface area (Å²) < 4.78 is 18.4. The average molecular weight is 607 g/mol. The zero-order valence-corrected chi connectivity index (χ0v) is 25.8. The van der Waals surface area contributed by atoms with Crippen LogP contribution >= 0.6 is 0 Å². The van der Waals surface area contributed by atoms with E-state index in [1.165, 1.54) is 6.07 Å². The number of benzene rings is 1. The van der Waals surface area contributed by atoms with Gasteiger partial charge >= 0.3 is 11.6 Å². The van der Waals surface area contributed by atoms with Gasteiger partial charge < -0.3 is 40.3 Å². The molecule has 3 aliphatic rings. The lowest BCUT2D eigenvalue weighted by atomic mass is 9.75. The number of fused-ring (bicyclic) bond motifs is 2. The molecule has 44 heavy (non-hydrogen) atoms. The van der Waals surface area contributed by atoms with Crippen molar-refractivity contribution < 1.29 is 28.6 Å². The van der Waals surface area contributed by atoms with Crippen molar-refractivity contribution in [2.24, 2.45) is 11.7 Å². The van der Waals surface area contributed by atoms with E-state index in [9.17, 15) is 19.5 Å². The van der Waals surface area contributed by atoms with Gasteiger partial charge in [0.15, 0.2) is 5.60 Å². The molecule has 1 amide bonds. The Balaban J connectivity index is 1.51. The number of nitrogens with zero attached hydrogens (tertiary/aromatic N) is 1. The highest BCUT2D eigenvalue weighted by Crippen LogP contribution is 2.48. The van der Waals surface area contributed by atoms with Gasteiger partial charge in [0.05, 0.1) is 12.2 Å². The molecule has 0 spiro atoms. The third-order valence-corrected chi connectivity index (χ3v) is 8.95. The second-order valence-corrected chi connectivity index (χ2v) is 12.4. The highest BCUT2D eigenvalue weighted by atomic mass is 16.6. The normalized spacial score (nSPS) is 20.5. The fourth-order valence-electron chi connectivity index (χ4n) is 6.26. The number of nitrogens with two attached hydrogens (primary N) is 1. The van der Waals surface area contributed by atoms with E-state index in [-0.39, 0.29) is 25.4 Å². The van der Waals surface area contributed by atoms with E-state index in [0.29, 0.717) is 48.0 Å². The molecule has 0 bridgehead atoms. The Kier molecular flexibility index (Phi) is 8.90. The van der Waals surface area contributed by atoms with Gasteiger partial charge in [0.1, 0.15) is 16.9 Å². The predicted octanol–water partition coefficient (Wildman–Crippen LogP) is 2.28. The lowest BCUT2D eigenvalue weighted by molar-refractivity contribution is -0.174. The first-order valence-corrected chi connectivity index (χ1v) is 15.1. The number of hydrogen-bond acceptors (Lipinski definition) is 10. The summed E-state index contributed by atoms with van der Waals surface area (Å²) in [5.74, 6) is 0.966. The van der Waals surface area contributed by atoms with E-state index in [4.69, 9.17) is 19.6 Å². The van der Waals surface area contributed by atoms with Gasteiger partial charge in [-0.3, -0.25) is 4.79 Å². The van der Waals surface area contributed by atoms with Crippen LogP contribution in [0.1, 0.15) is 45.6 Å². The maximum absolute atomic E-state index is 13.3. The highest BCUT2D eigenvalue weighted by Gasteiger charge is 2.55. The van der Waals surface area contributed by atoms with E-state index in [0.717, 1.165) is 41.7 Å². The minimum Gasteiger partial charge on any atom is -0.482 e. The number of aliphatic hydroxyl groups is 1. The minimum absolute atomic E-state index is 0.0545. The molecule has 0 radical (unpaired) electrons. The molecule has 0 saturated carbocycles. The highest BCUT2D eigenvalue weighted by molar-refractivity contribution is 5.88. The Morgan fingerprint density at radius 2 is 2.07 bits per heavy atom. The molecule has 1 aromatic heterocycles. The molecule has 5 rings (SSSR count). The maximum atomic E-state index is 13.3. The predicted molar refractivity (Wildman–Crippen MR) is 166 cm³/mol. The molecule has 2 aromatic rings. The van der Waals surface area contributed by atoms with E-state index in [1.54, 1.807) is 25.1 Å². The summed E-state index contributed by atoms with van der Waals surface area (Å²) in [6, 6.07) is 6.71. The van der Waals surface area contributed by atoms with Crippen LogP contribution in [0.15, 0.2) is 68.2 Å². The van der Waals surface area contributed by atoms with E-state index in [2.05, 4.69) is 10.6 Å². The standard InChI is InChI=1S/C33H42N4O7/c1-5-21(8-9-38)31(41)44-32(2,3)33(15-24-10-22-6-7-30(40)42-26(22)13-27(24)43-33)14-23-11-28(34)36-17-25(23)12-29(39)37-18-20(19-37)16-35-4/h5-7,10-11,13,20,35-36,38H,8-9,12,14-19,34H2,1-4H3. The van der Waals surface area contributed by atoms with Crippen molar-refractivity contribution in [3.8, 4) is 5.75 Å². The lowest BCUT2D eigenvalue weighted by Gasteiger charge is -2.43. The van der Waals surface area contributed by atoms with E-state index < -0.39 is 22.8 Å². The van der Waals surface area contributed by atoms with Crippen molar-refractivity contribution in [1.82, 2.24) is 15.5 Å². The molecule has 4 heterocycles. The van der Waals surface area contributed by atoms with Crippen LogP contribution in [0.5, 0.6) is 5.75 Å². The number of allylic oxidation sites excluding steroid dienone is 2. The van der Waals surface area contributed by atoms with Crippen molar-refractivity contribution in [2.45, 2.75) is 57.7 Å². The summed E-state index contributed by atoms with van der Waals surface area (Å²) in [4.78, 5) is 40.4. The van der Waals surface area contributed by atoms with Crippen LogP contribution in [-0.2, 0) is 20.7 Å². The summed E-state index contributed by atoms with van der Waals surface area (Å²) in [7, 11) is 1.91. The molecule has 1 aromatic carbocycles. The zero-order valence-electron chi connectivity index (χ0n) is 25.8. The molecule has 11 nitrogen and oxygen atoms in total. The average Bonchev–Trinajstić information content (AvgIpc) is 3.31. The third kappa shape index (κ3) is 6.25. The lowest BCUT2D eigenvalue weighted by Crippen LogP contribution is -2.57. The van der Waals surface area contributed by atoms with Crippen molar-refractivity contribution >= 4 is 22.8 Å². The number of dihydropyridines is 1. The number of nitrogens with one attached hydrogen (secondary N) is 2. The molecule has 0 aliphatic carbocycles. The van der Waals surface area contributed by atoms with E-state index >= 15 is 0 Å². The Labute approximate surface area is 256 Å². The molecule has 11 heteroatoms. The van der Waals surface area contributed by atoms with Gasteiger partial charge in [-0.2, -0.15) is 0 Å². The summed E-state index contributed by atoms with van der Waals surface area (Å²) >= 11 is 0. The number of carbonyl (C=O) groups is 2. The summed E-state index contributed by atoms with van der Waals surface area (Å²) in [5, 5.41) is 16.6. The number of likely N-dealkylation sites (tertiary alicyclic amines) is 1. The molecule has 1 fully saturated rings. The molecule has 3 aliphatic heterocycles. The summed E-state index contributed by atoms with van der Waals surface area (Å²) in [6.07, 6.45) is 4.54. The molecule has 1 saturated heterocycles. The fourth-order valence-corrected chi connectivity index (χ4v) is 6.26. The van der Waals surface area contributed by atoms with Crippen molar-refractivity contribution in [1.29, 1.82) is 0 Å². The number of carbonyl (C=O) groups excluding carboxylic acids is 2. The topological polar surface area (TPSA) is 156 Å². The van der Waals surface area contributed by atoms with Crippen LogP contribution in [0.25, 0.3) is 11.0 Å². The molecular weight excluding hydrogens is 564 g/mol. The van der Waals surface area contributed by atoms with Crippen LogP contribution in [0.4, 0.5) is 0 Å². The van der Waals surface area contributed by atoms with Gasteiger partial charge in [0.2, 0.25) is 5.91 Å². The van der Waals surface area contributed by atoms with Crippen LogP contribution in [0.2, 0.25) is 0 Å². The Bertz CT molecular complexity index is 1600. The van der Waals surface area contributed by atoms with Crippen molar-refractivity contribution in [3.05, 3.63) is 74.9 Å². The van der Waals surface area contributed by atoms with Gasteiger partial charge in [-0.1, -0.05) is 6.08 Å². The van der Waals surface area contributed by atoms with Gasteiger partial charge in [-0.05, 0) is 62.7 Å². The molecular formula is C33H42N4O7. The quantitative estimate of drug-likeness (QED) is 0.170. The van der Waals surface area contributed by atoms with Gasteiger partial charge in [-0.25, -0.2) is 9.59 Å². The third-order valence-electron chi connectivity index (χ3n) is 8.95. The Morgan fingerprint density at radius 1 is 1.30 bits per heavy atom. The minimum atomic E-state index is -1.19. The number of aliphatic hydroxyl groups excluding tert-OH is 1. The van der Waals surface area contributed by atoms with Crippen molar-refractivity contribution in [3.63, 3.8) is 0 Å². The van der Waals surface area contributed by atoms with Gasteiger partial charge in [-0.15, -0.1) is 0 Å². The smallest absolute Gasteiger partial charge is 0.336 e. The Morgan fingerprint density at radius 3 is 2.77 bits per heavy atom. The zero-order chi connectivity index (χ0) is 31.6. The number of amides is 1. The second-order valence-electron chi connectivity index (χ2n) is 12.4. The molecule has 236 valence electrons. The van der Waals surface area contributed by atoms with Crippen LogP contribution in [0.3, 0.4) is 0 Å². The monoisotopic (exact) mass is 606 g/mol. The summed E-state index contributed by atoms with van der Waals surface area (Å²) in [5.41, 5.74) is 6.86. The fraction of sp³-hybridized carbons (Fsp3) is 0.485. The van der Waals surface area contributed by atoms with Crippen molar-refractivity contribution in [2.75, 3.05) is 39.8 Å². The van der Waals surface area contributed by atoms with Gasteiger partial charge in [0, 0.05) is 81.1 Å². The number of esters is 1. The van der Waals surface area contributed by atoms with Crippen LogP contribution < -0.4 is 26.7 Å². The first-order valence-electron chi connectivity index (χ1n) is 15.1. The SMILES string of the molecule is CC=C(CCO)C(=O)OC(C)(C)C1(CC2=C(CC(=O)N3CC(CNC)C3)CNC(N)=C2)Cc2cc3ccc(=O)oc3cc2O1. The van der Waals surface area contributed by atoms with Crippen LogP contribution in [-0.4, -0.2) is 72.9 Å². The van der Waals surface area contributed by atoms with Gasteiger partial charge in [0.25, 0.3) is 0 Å². The Hall–Kier alpha value is -4.09. The largest absolute Gasteiger partial charge is 0.482 e. The second kappa shape index (κ2) is 12.5. The first-order chi connectivity index (χ1) is 21.0. The molecule has 1 atom stereocenters. The number of ether oxygens (including phenoxy) is 2. The number of rotatable bonds is 11. The summed E-state index contributed by atoms with van der Waals surface area (Å²) in [6.45, 7) is 7.90. The van der Waals surface area contributed by atoms with E-state index in [1.807, 2.05) is 37.9 Å². The molecule has 5 N–H and O–H groups in total.